The van der Waals surface area contributed by atoms with Crippen LogP contribution in [-0.4, -0.2) is 34.8 Å². The Kier molecular flexibility index (Phi) is 2.58. The number of thioether (sulfide) groups is 1. The average Bonchev–Trinajstić information content (AvgIpc) is 2.72. The van der Waals surface area contributed by atoms with Gasteiger partial charge in [0.15, 0.2) is 5.12 Å². The lowest BCUT2D eigenvalue weighted by atomic mass is 10.1. The minimum Gasteiger partial charge on any atom is -0.342 e. The van der Waals surface area contributed by atoms with Gasteiger partial charge < -0.3 is 4.90 Å². The Morgan fingerprint density at radius 1 is 1.38 bits per heavy atom. The zero-order valence-corrected chi connectivity index (χ0v) is 8.31. The minimum atomic E-state index is -0.0180. The summed E-state index contributed by atoms with van der Waals surface area (Å²) in [6.07, 6.45) is 2.71. The molecule has 2 aliphatic heterocycles. The molecule has 0 aromatic heterocycles. The predicted molar refractivity (Wildman–Crippen MR) is 51.4 cm³/mol. The van der Waals surface area contributed by atoms with Crippen molar-refractivity contribution in [1.82, 2.24) is 4.90 Å². The molecule has 0 aliphatic carbocycles. The largest absolute Gasteiger partial charge is 0.342 e. The number of likely N-dealkylation sites (tertiary alicyclic amines) is 1. The van der Waals surface area contributed by atoms with Gasteiger partial charge in [-0.1, -0.05) is 11.8 Å². The molecule has 0 aromatic carbocycles. The highest BCUT2D eigenvalue weighted by molar-refractivity contribution is 8.14. The summed E-state index contributed by atoms with van der Waals surface area (Å²) in [6, 6.07) is 0. The van der Waals surface area contributed by atoms with Crippen LogP contribution in [-0.2, 0) is 9.59 Å². The Morgan fingerprint density at radius 3 is 2.62 bits per heavy atom. The van der Waals surface area contributed by atoms with Gasteiger partial charge >= 0.3 is 0 Å². The second-order valence-electron chi connectivity index (χ2n) is 3.62. The normalized spacial score (nSPS) is 28.5. The zero-order valence-electron chi connectivity index (χ0n) is 7.49. The summed E-state index contributed by atoms with van der Waals surface area (Å²) in [7, 11) is 0. The van der Waals surface area contributed by atoms with Gasteiger partial charge in [-0.05, 0) is 12.8 Å². The summed E-state index contributed by atoms with van der Waals surface area (Å²) in [6.45, 7) is 1.79. The van der Waals surface area contributed by atoms with Crippen LogP contribution in [0.3, 0.4) is 0 Å². The van der Waals surface area contributed by atoms with Crippen LogP contribution >= 0.6 is 11.8 Å². The molecule has 0 aromatic rings. The van der Waals surface area contributed by atoms with E-state index in [1.54, 1.807) is 0 Å². The standard InChI is InChI=1S/C9H13NO2S/c11-8-5-7(6-13-8)9(12)10-3-1-2-4-10/h7H,1-6H2. The molecule has 0 N–H and O–H groups in total. The molecule has 2 rings (SSSR count). The average molecular weight is 199 g/mol. The zero-order chi connectivity index (χ0) is 9.26. The Labute approximate surface area is 81.9 Å². The number of hydrogen-bond donors (Lipinski definition) is 0. The summed E-state index contributed by atoms with van der Waals surface area (Å²) in [5.74, 6) is 0.889. The van der Waals surface area contributed by atoms with Crippen molar-refractivity contribution >= 4 is 22.8 Å². The van der Waals surface area contributed by atoms with Gasteiger partial charge in [-0.2, -0.15) is 0 Å². The fourth-order valence-corrected chi connectivity index (χ4v) is 2.83. The molecule has 2 saturated heterocycles. The van der Waals surface area contributed by atoms with Gasteiger partial charge in [0.2, 0.25) is 5.91 Å². The highest BCUT2D eigenvalue weighted by atomic mass is 32.2. The molecular formula is C9H13NO2S. The second kappa shape index (κ2) is 3.70. The van der Waals surface area contributed by atoms with Gasteiger partial charge in [-0.25, -0.2) is 0 Å². The highest BCUT2D eigenvalue weighted by Crippen LogP contribution is 2.27. The third kappa shape index (κ3) is 1.88. The lowest BCUT2D eigenvalue weighted by Crippen LogP contribution is -2.33. The van der Waals surface area contributed by atoms with Crippen LogP contribution < -0.4 is 0 Å². The quantitative estimate of drug-likeness (QED) is 0.629. The Balaban J connectivity index is 1.92. The van der Waals surface area contributed by atoms with Gasteiger partial charge in [0, 0.05) is 25.3 Å². The topological polar surface area (TPSA) is 37.4 Å². The molecule has 4 heteroatoms. The van der Waals surface area contributed by atoms with E-state index in [-0.39, 0.29) is 16.9 Å². The molecule has 0 saturated carbocycles. The number of rotatable bonds is 1. The summed E-state index contributed by atoms with van der Waals surface area (Å²) >= 11 is 1.31. The molecule has 2 aliphatic rings. The fourth-order valence-electron chi connectivity index (χ4n) is 1.87. The van der Waals surface area contributed by atoms with E-state index in [0.29, 0.717) is 12.2 Å². The van der Waals surface area contributed by atoms with Crippen LogP contribution in [0.25, 0.3) is 0 Å². The molecule has 1 atom stereocenters. The molecule has 0 radical (unpaired) electrons. The van der Waals surface area contributed by atoms with Crippen LogP contribution in [0, 0.1) is 5.92 Å². The molecule has 2 heterocycles. The van der Waals surface area contributed by atoms with Gasteiger partial charge in [-0.15, -0.1) is 0 Å². The highest BCUT2D eigenvalue weighted by Gasteiger charge is 2.32. The van der Waals surface area contributed by atoms with Crippen molar-refractivity contribution in [1.29, 1.82) is 0 Å². The molecule has 0 bridgehead atoms. The van der Waals surface area contributed by atoms with Gasteiger partial charge in [-0.3, -0.25) is 9.59 Å². The molecule has 3 nitrogen and oxygen atoms in total. The van der Waals surface area contributed by atoms with Crippen molar-refractivity contribution < 1.29 is 9.59 Å². The van der Waals surface area contributed by atoms with E-state index in [1.165, 1.54) is 11.8 Å². The van der Waals surface area contributed by atoms with E-state index in [0.717, 1.165) is 25.9 Å². The van der Waals surface area contributed by atoms with Crippen molar-refractivity contribution in [3.05, 3.63) is 0 Å². The third-order valence-corrected chi connectivity index (χ3v) is 3.68. The van der Waals surface area contributed by atoms with E-state index in [2.05, 4.69) is 0 Å². The van der Waals surface area contributed by atoms with Crippen LogP contribution in [0.5, 0.6) is 0 Å². The first-order chi connectivity index (χ1) is 6.27. The molecule has 1 amide bonds. The van der Waals surface area contributed by atoms with E-state index in [4.69, 9.17) is 0 Å². The predicted octanol–water partition coefficient (Wildman–Crippen LogP) is 0.888. The van der Waals surface area contributed by atoms with Crippen LogP contribution in [0.2, 0.25) is 0 Å². The van der Waals surface area contributed by atoms with E-state index < -0.39 is 0 Å². The summed E-state index contributed by atoms with van der Waals surface area (Å²) in [4.78, 5) is 24.6. The molecule has 72 valence electrons. The number of carbonyl (C=O) groups excluding carboxylic acids is 2. The number of carbonyl (C=O) groups is 2. The summed E-state index contributed by atoms with van der Waals surface area (Å²) in [5, 5.41) is 0.178. The van der Waals surface area contributed by atoms with Crippen LogP contribution in [0.15, 0.2) is 0 Å². The molecule has 2 fully saturated rings. The van der Waals surface area contributed by atoms with E-state index in [9.17, 15) is 9.59 Å². The first kappa shape index (κ1) is 9.06. The number of amides is 1. The van der Waals surface area contributed by atoms with E-state index in [1.807, 2.05) is 4.90 Å². The molecular weight excluding hydrogens is 186 g/mol. The van der Waals surface area contributed by atoms with Crippen molar-refractivity contribution in [2.45, 2.75) is 19.3 Å². The maximum absolute atomic E-state index is 11.8. The third-order valence-electron chi connectivity index (χ3n) is 2.63. The monoisotopic (exact) mass is 199 g/mol. The molecule has 1 unspecified atom stereocenters. The van der Waals surface area contributed by atoms with Crippen molar-refractivity contribution in [3.8, 4) is 0 Å². The Morgan fingerprint density at radius 2 is 2.08 bits per heavy atom. The first-order valence-corrected chi connectivity index (χ1v) is 5.70. The van der Waals surface area contributed by atoms with Gasteiger partial charge in [0.25, 0.3) is 0 Å². The van der Waals surface area contributed by atoms with Crippen molar-refractivity contribution in [3.63, 3.8) is 0 Å². The lowest BCUT2D eigenvalue weighted by Gasteiger charge is -2.18. The molecule has 0 spiro atoms. The van der Waals surface area contributed by atoms with Crippen molar-refractivity contribution in [2.24, 2.45) is 5.92 Å². The lowest BCUT2D eigenvalue weighted by molar-refractivity contribution is -0.134. The maximum Gasteiger partial charge on any atom is 0.227 e. The maximum atomic E-state index is 11.8. The summed E-state index contributed by atoms with van der Waals surface area (Å²) in [5.41, 5.74) is 0. The Hall–Kier alpha value is -0.510. The van der Waals surface area contributed by atoms with Crippen molar-refractivity contribution in [2.75, 3.05) is 18.8 Å². The smallest absolute Gasteiger partial charge is 0.227 e. The van der Waals surface area contributed by atoms with Gasteiger partial charge in [0.1, 0.15) is 0 Å². The second-order valence-corrected chi connectivity index (χ2v) is 4.69. The fraction of sp³-hybridized carbons (Fsp3) is 0.778. The Bertz CT molecular complexity index is 236. The molecule has 13 heavy (non-hydrogen) atoms. The number of hydrogen-bond acceptors (Lipinski definition) is 3. The van der Waals surface area contributed by atoms with Crippen LogP contribution in [0.1, 0.15) is 19.3 Å². The van der Waals surface area contributed by atoms with Crippen LogP contribution in [0.4, 0.5) is 0 Å². The summed E-state index contributed by atoms with van der Waals surface area (Å²) < 4.78 is 0. The first-order valence-electron chi connectivity index (χ1n) is 4.72. The van der Waals surface area contributed by atoms with E-state index >= 15 is 0 Å². The minimum absolute atomic E-state index is 0.0180. The van der Waals surface area contributed by atoms with Gasteiger partial charge in [0.05, 0.1) is 5.92 Å². The number of nitrogens with zero attached hydrogens (tertiary/aromatic N) is 1. The SMILES string of the molecule is O=C1CC(C(=O)N2CCCC2)CS1.